The summed E-state index contributed by atoms with van der Waals surface area (Å²) in [6.07, 6.45) is 0.123. The van der Waals surface area contributed by atoms with Gasteiger partial charge < -0.3 is 4.74 Å². The fourth-order valence-electron chi connectivity index (χ4n) is 2.39. The Kier molecular flexibility index (Phi) is 6.74. The van der Waals surface area contributed by atoms with Crippen LogP contribution in [0.4, 0.5) is 5.13 Å². The Labute approximate surface area is 181 Å². The summed E-state index contributed by atoms with van der Waals surface area (Å²) in [5.41, 5.74) is 0.402. The maximum atomic E-state index is 12.5. The number of carbonyl (C=O) groups is 1. The molecule has 0 aliphatic heterocycles. The number of nitrogens with one attached hydrogen (secondary N) is 1. The number of ether oxygens (including phenoxy) is 1. The minimum Gasteiger partial charge on any atom is -0.497 e. The third kappa shape index (κ3) is 5.45. The van der Waals surface area contributed by atoms with Gasteiger partial charge in [-0.1, -0.05) is 40.6 Å². The maximum absolute atomic E-state index is 12.5. The van der Waals surface area contributed by atoms with Crippen molar-refractivity contribution in [2.45, 2.75) is 11.3 Å². The molecule has 1 amide bonds. The van der Waals surface area contributed by atoms with Gasteiger partial charge in [0.1, 0.15) is 10.8 Å². The standard InChI is InChI=1S/C18H15Cl2N3O4S2/c1-27-13-4-2-3-11(9-13)17(24)21-18-23-22-16(28-18)7-8-29(25,26)15-10-12(19)5-6-14(15)20/h2-6,9-10H,7-8H2,1H3,(H,21,23,24). The van der Waals surface area contributed by atoms with Crippen molar-refractivity contribution < 1.29 is 17.9 Å². The van der Waals surface area contributed by atoms with Gasteiger partial charge in [-0.15, -0.1) is 10.2 Å². The van der Waals surface area contributed by atoms with Gasteiger partial charge in [0.05, 0.1) is 22.8 Å². The fraction of sp³-hybridized carbons (Fsp3) is 0.167. The molecule has 0 spiro atoms. The van der Waals surface area contributed by atoms with E-state index in [1.54, 1.807) is 24.3 Å². The van der Waals surface area contributed by atoms with Crippen LogP contribution in [0.15, 0.2) is 47.4 Å². The van der Waals surface area contributed by atoms with Gasteiger partial charge in [0.15, 0.2) is 9.84 Å². The van der Waals surface area contributed by atoms with Crippen molar-refractivity contribution in [2.75, 3.05) is 18.2 Å². The van der Waals surface area contributed by atoms with Crippen molar-refractivity contribution in [1.82, 2.24) is 10.2 Å². The zero-order valence-electron chi connectivity index (χ0n) is 15.1. The second-order valence-corrected chi connectivity index (χ2v) is 9.81. The second-order valence-electron chi connectivity index (χ2n) is 5.83. The first-order valence-electron chi connectivity index (χ1n) is 8.24. The lowest BCUT2D eigenvalue weighted by molar-refractivity contribution is 0.102. The number of amides is 1. The van der Waals surface area contributed by atoms with Crippen LogP contribution in [0.2, 0.25) is 10.0 Å². The lowest BCUT2D eigenvalue weighted by Crippen LogP contribution is -2.11. The summed E-state index contributed by atoms with van der Waals surface area (Å²) >= 11 is 13.0. The first-order valence-corrected chi connectivity index (χ1v) is 11.5. The van der Waals surface area contributed by atoms with Crippen molar-refractivity contribution in [3.63, 3.8) is 0 Å². The van der Waals surface area contributed by atoms with Crippen LogP contribution in [-0.2, 0) is 16.3 Å². The Morgan fingerprint density at radius 2 is 1.97 bits per heavy atom. The van der Waals surface area contributed by atoms with Crippen LogP contribution in [0.1, 0.15) is 15.4 Å². The van der Waals surface area contributed by atoms with Gasteiger partial charge in [-0.25, -0.2) is 8.42 Å². The molecular weight excluding hydrogens is 457 g/mol. The molecule has 0 unspecified atom stereocenters. The molecule has 2 aromatic carbocycles. The van der Waals surface area contributed by atoms with Crippen LogP contribution >= 0.6 is 34.5 Å². The van der Waals surface area contributed by atoms with Crippen molar-refractivity contribution in [2.24, 2.45) is 0 Å². The van der Waals surface area contributed by atoms with E-state index in [4.69, 9.17) is 27.9 Å². The molecule has 0 bridgehead atoms. The van der Waals surface area contributed by atoms with Crippen LogP contribution < -0.4 is 10.1 Å². The van der Waals surface area contributed by atoms with Crippen molar-refractivity contribution in [3.05, 3.63) is 63.1 Å². The number of aromatic nitrogens is 2. The molecule has 0 aliphatic rings. The number of hydrogen-bond donors (Lipinski definition) is 1. The van der Waals surface area contributed by atoms with Crippen molar-refractivity contribution in [3.8, 4) is 5.75 Å². The molecule has 0 atom stereocenters. The third-order valence-electron chi connectivity index (χ3n) is 3.83. The third-order valence-corrected chi connectivity index (χ3v) is 7.16. The summed E-state index contributed by atoms with van der Waals surface area (Å²) in [4.78, 5) is 12.3. The molecular formula is C18H15Cl2N3O4S2. The number of aryl methyl sites for hydroxylation is 1. The smallest absolute Gasteiger partial charge is 0.257 e. The quantitative estimate of drug-likeness (QED) is 0.556. The highest BCUT2D eigenvalue weighted by molar-refractivity contribution is 7.91. The highest BCUT2D eigenvalue weighted by atomic mass is 35.5. The van der Waals surface area contributed by atoms with E-state index in [0.29, 0.717) is 16.3 Å². The van der Waals surface area contributed by atoms with Crippen LogP contribution in [0.5, 0.6) is 5.75 Å². The number of nitrogens with zero attached hydrogens (tertiary/aromatic N) is 2. The molecule has 152 valence electrons. The molecule has 1 N–H and O–H groups in total. The fourth-order valence-corrected chi connectivity index (χ4v) is 5.31. The molecule has 0 radical (unpaired) electrons. The molecule has 3 aromatic rings. The number of methoxy groups -OCH3 is 1. The van der Waals surface area contributed by atoms with Crippen molar-refractivity contribution in [1.29, 1.82) is 0 Å². The molecule has 7 nitrogen and oxygen atoms in total. The van der Waals surface area contributed by atoms with E-state index in [1.165, 1.54) is 25.3 Å². The summed E-state index contributed by atoms with van der Waals surface area (Å²) in [6.45, 7) is 0. The highest BCUT2D eigenvalue weighted by Gasteiger charge is 2.20. The van der Waals surface area contributed by atoms with E-state index in [9.17, 15) is 13.2 Å². The van der Waals surface area contributed by atoms with Crippen LogP contribution in [0.3, 0.4) is 0 Å². The van der Waals surface area contributed by atoms with E-state index in [-0.39, 0.29) is 38.2 Å². The molecule has 1 aromatic heterocycles. The van der Waals surface area contributed by atoms with Gasteiger partial charge in [0.25, 0.3) is 5.91 Å². The molecule has 11 heteroatoms. The average Bonchev–Trinajstić information content (AvgIpc) is 3.15. The number of sulfone groups is 1. The van der Waals surface area contributed by atoms with Gasteiger partial charge in [-0.3, -0.25) is 10.1 Å². The first kappa shape index (κ1) is 21.5. The van der Waals surface area contributed by atoms with Gasteiger partial charge in [-0.2, -0.15) is 0 Å². The minimum absolute atomic E-state index is 0.0252. The summed E-state index contributed by atoms with van der Waals surface area (Å²) in [7, 11) is -2.14. The van der Waals surface area contributed by atoms with E-state index in [1.807, 2.05) is 0 Å². The second kappa shape index (κ2) is 9.08. The number of rotatable bonds is 7. The number of anilines is 1. The normalized spacial score (nSPS) is 11.3. The molecule has 0 saturated carbocycles. The van der Waals surface area contributed by atoms with Crippen LogP contribution in [0, 0.1) is 0 Å². The number of halogens is 2. The van der Waals surface area contributed by atoms with E-state index < -0.39 is 9.84 Å². The zero-order chi connectivity index (χ0) is 21.0. The molecule has 29 heavy (non-hydrogen) atoms. The Morgan fingerprint density at radius 3 is 2.72 bits per heavy atom. The van der Waals surface area contributed by atoms with Crippen LogP contribution in [0.25, 0.3) is 0 Å². The van der Waals surface area contributed by atoms with E-state index in [0.717, 1.165) is 11.3 Å². The van der Waals surface area contributed by atoms with Gasteiger partial charge in [0.2, 0.25) is 5.13 Å². The molecule has 3 rings (SSSR count). The predicted octanol–water partition coefficient (Wildman–Crippen LogP) is 4.12. The largest absolute Gasteiger partial charge is 0.497 e. The molecule has 0 fully saturated rings. The van der Waals surface area contributed by atoms with E-state index >= 15 is 0 Å². The summed E-state index contributed by atoms with van der Waals surface area (Å²) < 4.78 is 30.2. The first-order chi connectivity index (χ1) is 13.8. The lowest BCUT2D eigenvalue weighted by Gasteiger charge is -2.06. The summed E-state index contributed by atoms with van der Waals surface area (Å²) in [5, 5.41) is 11.6. The monoisotopic (exact) mass is 471 g/mol. The average molecular weight is 472 g/mol. The van der Waals surface area contributed by atoms with Gasteiger partial charge in [-0.05, 0) is 36.4 Å². The maximum Gasteiger partial charge on any atom is 0.257 e. The summed E-state index contributed by atoms with van der Waals surface area (Å²) in [6, 6.07) is 10.9. The zero-order valence-corrected chi connectivity index (χ0v) is 18.2. The number of benzene rings is 2. The van der Waals surface area contributed by atoms with Crippen LogP contribution in [-0.4, -0.2) is 37.4 Å². The lowest BCUT2D eigenvalue weighted by atomic mass is 10.2. The van der Waals surface area contributed by atoms with Gasteiger partial charge >= 0.3 is 0 Å². The Bertz CT molecular complexity index is 1150. The highest BCUT2D eigenvalue weighted by Crippen LogP contribution is 2.27. The Balaban J connectivity index is 1.66. The molecule has 0 saturated heterocycles. The topological polar surface area (TPSA) is 98.2 Å². The molecule has 1 heterocycles. The van der Waals surface area contributed by atoms with E-state index in [2.05, 4.69) is 15.5 Å². The van der Waals surface area contributed by atoms with Gasteiger partial charge in [0, 0.05) is 17.0 Å². The number of carbonyl (C=O) groups excluding carboxylic acids is 1. The predicted molar refractivity (Wildman–Crippen MR) is 113 cm³/mol. The SMILES string of the molecule is COc1cccc(C(=O)Nc2nnc(CCS(=O)(=O)c3cc(Cl)ccc3Cl)s2)c1. The Hall–Kier alpha value is -2.20. The summed E-state index contributed by atoms with van der Waals surface area (Å²) in [5.74, 6) is -0.0312. The van der Waals surface area contributed by atoms with Crippen molar-refractivity contribution >= 4 is 55.4 Å². The minimum atomic E-state index is -3.65. The Morgan fingerprint density at radius 1 is 1.17 bits per heavy atom. The number of hydrogen-bond acceptors (Lipinski definition) is 7. The molecule has 0 aliphatic carbocycles.